The highest BCUT2D eigenvalue weighted by atomic mass is 16.5. The van der Waals surface area contributed by atoms with Crippen LogP contribution in [-0.2, 0) is 18.3 Å². The van der Waals surface area contributed by atoms with Crippen molar-refractivity contribution in [2.75, 3.05) is 26.8 Å². The highest BCUT2D eigenvalue weighted by Crippen LogP contribution is 1.99. The quantitative estimate of drug-likeness (QED) is 0.408. The Morgan fingerprint density at radius 1 is 1.27 bits per heavy atom. The molecule has 0 aliphatic rings. The van der Waals surface area contributed by atoms with Gasteiger partial charge in [0.05, 0.1) is 0 Å². The van der Waals surface area contributed by atoms with E-state index in [1.54, 1.807) is 7.11 Å². The number of guanidine groups is 1. The molecule has 7 heteroatoms. The van der Waals surface area contributed by atoms with Gasteiger partial charge < -0.3 is 19.9 Å². The molecule has 0 spiro atoms. The van der Waals surface area contributed by atoms with Gasteiger partial charge in [0.1, 0.15) is 12.4 Å². The van der Waals surface area contributed by atoms with Crippen molar-refractivity contribution in [3.05, 3.63) is 11.6 Å². The minimum absolute atomic E-state index is 0.513. The first kappa shape index (κ1) is 18.4. The Hall–Kier alpha value is -1.63. The highest BCUT2D eigenvalue weighted by Gasteiger charge is 2.05. The molecule has 1 aromatic rings. The fourth-order valence-corrected chi connectivity index (χ4v) is 1.82. The first-order valence-corrected chi connectivity index (χ1v) is 7.90. The first-order chi connectivity index (χ1) is 10.5. The van der Waals surface area contributed by atoms with Crippen LogP contribution < -0.4 is 10.6 Å². The maximum Gasteiger partial charge on any atom is 0.191 e. The molecule has 0 fully saturated rings. The minimum atomic E-state index is 0.513. The predicted molar refractivity (Wildman–Crippen MR) is 88.8 cm³/mol. The lowest BCUT2D eigenvalue weighted by molar-refractivity contribution is 0.195. The molecular formula is C15H30N6O. The second kappa shape index (κ2) is 10.2. The zero-order valence-corrected chi connectivity index (χ0v) is 14.5. The number of methoxy groups -OCH3 is 1. The van der Waals surface area contributed by atoms with Gasteiger partial charge >= 0.3 is 0 Å². The summed E-state index contributed by atoms with van der Waals surface area (Å²) in [6.07, 6.45) is 2.06. The number of aromatic nitrogens is 3. The van der Waals surface area contributed by atoms with E-state index in [0.717, 1.165) is 50.1 Å². The Morgan fingerprint density at radius 3 is 2.59 bits per heavy atom. The van der Waals surface area contributed by atoms with Gasteiger partial charge in [0, 0.05) is 33.9 Å². The summed E-state index contributed by atoms with van der Waals surface area (Å²) in [5, 5.41) is 14.9. The fourth-order valence-electron chi connectivity index (χ4n) is 1.82. The van der Waals surface area contributed by atoms with Gasteiger partial charge in [-0.3, -0.25) is 0 Å². The van der Waals surface area contributed by atoms with E-state index in [-0.39, 0.29) is 0 Å². The molecule has 22 heavy (non-hydrogen) atoms. The summed E-state index contributed by atoms with van der Waals surface area (Å²) in [5.41, 5.74) is 0. The molecular weight excluding hydrogens is 280 g/mol. The summed E-state index contributed by atoms with van der Waals surface area (Å²) in [4.78, 5) is 4.59. The Morgan fingerprint density at radius 2 is 2.00 bits per heavy atom. The average Bonchev–Trinajstić information content (AvgIpc) is 2.79. The Kier molecular flexibility index (Phi) is 8.50. The molecule has 0 aliphatic heterocycles. The second-order valence-electron chi connectivity index (χ2n) is 5.77. The van der Waals surface area contributed by atoms with Gasteiger partial charge in [-0.2, -0.15) is 0 Å². The minimum Gasteiger partial charge on any atom is -0.385 e. The number of nitrogens with zero attached hydrogens (tertiary/aromatic N) is 4. The molecule has 0 saturated heterocycles. The number of aliphatic imine (C=N–C) groups is 1. The van der Waals surface area contributed by atoms with Gasteiger partial charge in [-0.25, -0.2) is 4.99 Å². The summed E-state index contributed by atoms with van der Waals surface area (Å²) in [6.45, 7) is 9.36. The van der Waals surface area contributed by atoms with E-state index in [1.165, 1.54) is 0 Å². The van der Waals surface area contributed by atoms with Crippen LogP contribution in [0.2, 0.25) is 0 Å². The van der Waals surface area contributed by atoms with Gasteiger partial charge in [0.2, 0.25) is 0 Å². The van der Waals surface area contributed by atoms with Crippen LogP contribution >= 0.6 is 0 Å². The van der Waals surface area contributed by atoms with Gasteiger partial charge in [-0.05, 0) is 25.7 Å². The molecule has 0 aliphatic carbocycles. The number of hydrogen-bond donors (Lipinski definition) is 2. The number of nitrogens with one attached hydrogen (secondary N) is 2. The lowest BCUT2D eigenvalue weighted by Gasteiger charge is -2.13. The fraction of sp³-hybridized carbons (Fsp3) is 0.800. The van der Waals surface area contributed by atoms with E-state index in [2.05, 4.69) is 39.7 Å². The van der Waals surface area contributed by atoms with E-state index < -0.39 is 0 Å². The van der Waals surface area contributed by atoms with Crippen LogP contribution in [0.3, 0.4) is 0 Å². The van der Waals surface area contributed by atoms with E-state index >= 15 is 0 Å². The lowest BCUT2D eigenvalue weighted by Crippen LogP contribution is -2.39. The zero-order valence-electron chi connectivity index (χ0n) is 14.5. The second-order valence-corrected chi connectivity index (χ2v) is 5.77. The summed E-state index contributed by atoms with van der Waals surface area (Å²) >= 11 is 0. The smallest absolute Gasteiger partial charge is 0.191 e. The van der Waals surface area contributed by atoms with Crippen LogP contribution in [0.5, 0.6) is 0 Å². The van der Waals surface area contributed by atoms with Gasteiger partial charge in [-0.15, -0.1) is 10.2 Å². The normalized spacial score (nSPS) is 12.0. The molecule has 0 saturated carbocycles. The third kappa shape index (κ3) is 6.89. The summed E-state index contributed by atoms with van der Waals surface area (Å²) in [6, 6.07) is 0. The third-order valence-electron chi connectivity index (χ3n) is 3.39. The van der Waals surface area contributed by atoms with Crippen LogP contribution in [0.4, 0.5) is 0 Å². The van der Waals surface area contributed by atoms with Crippen molar-refractivity contribution in [1.82, 2.24) is 25.4 Å². The maximum atomic E-state index is 5.06. The zero-order chi connectivity index (χ0) is 16.4. The number of aryl methyl sites for hydroxylation is 1. The van der Waals surface area contributed by atoms with Gasteiger partial charge in [0.15, 0.2) is 11.8 Å². The van der Waals surface area contributed by atoms with Crippen molar-refractivity contribution in [3.63, 3.8) is 0 Å². The van der Waals surface area contributed by atoms with Crippen molar-refractivity contribution < 1.29 is 4.74 Å². The molecule has 0 bridgehead atoms. The van der Waals surface area contributed by atoms with Crippen LogP contribution in [0, 0.1) is 12.8 Å². The lowest BCUT2D eigenvalue weighted by atomic mass is 10.1. The largest absolute Gasteiger partial charge is 0.385 e. The van der Waals surface area contributed by atoms with E-state index in [4.69, 9.17) is 4.74 Å². The van der Waals surface area contributed by atoms with Crippen LogP contribution in [0.1, 0.15) is 38.3 Å². The molecule has 1 rings (SSSR count). The Labute approximate surface area is 133 Å². The van der Waals surface area contributed by atoms with Gasteiger partial charge in [-0.1, -0.05) is 13.8 Å². The number of hydrogen-bond acceptors (Lipinski definition) is 4. The first-order valence-electron chi connectivity index (χ1n) is 7.90. The maximum absolute atomic E-state index is 5.06. The molecule has 7 nitrogen and oxygen atoms in total. The van der Waals surface area contributed by atoms with Crippen molar-refractivity contribution in [1.29, 1.82) is 0 Å². The monoisotopic (exact) mass is 310 g/mol. The number of rotatable bonds is 9. The van der Waals surface area contributed by atoms with Crippen molar-refractivity contribution in [2.24, 2.45) is 18.0 Å². The van der Waals surface area contributed by atoms with E-state index in [0.29, 0.717) is 12.5 Å². The highest BCUT2D eigenvalue weighted by molar-refractivity contribution is 5.79. The summed E-state index contributed by atoms with van der Waals surface area (Å²) < 4.78 is 7.02. The SMILES string of the molecule is COCCCNC(=NCc1nnc(C)n1C)NCCC(C)C. The van der Waals surface area contributed by atoms with Crippen LogP contribution in [0.25, 0.3) is 0 Å². The Bertz CT molecular complexity index is 455. The molecule has 1 aromatic heterocycles. The Balaban J connectivity index is 2.54. The summed E-state index contributed by atoms with van der Waals surface area (Å²) in [5.74, 6) is 3.24. The average molecular weight is 310 g/mol. The topological polar surface area (TPSA) is 76.4 Å². The third-order valence-corrected chi connectivity index (χ3v) is 3.39. The predicted octanol–water partition coefficient (Wildman–Crippen LogP) is 1.24. The van der Waals surface area contributed by atoms with Crippen LogP contribution in [-0.4, -0.2) is 47.5 Å². The molecule has 1 heterocycles. The molecule has 0 amide bonds. The van der Waals surface area contributed by atoms with Crippen molar-refractivity contribution in [3.8, 4) is 0 Å². The van der Waals surface area contributed by atoms with Crippen molar-refractivity contribution >= 4 is 5.96 Å². The molecule has 126 valence electrons. The van der Waals surface area contributed by atoms with Crippen molar-refractivity contribution in [2.45, 2.75) is 40.2 Å². The standard InChI is InChI=1S/C15H30N6O/c1-12(2)7-9-17-15(16-8-6-10-22-5)18-11-14-20-19-13(3)21(14)4/h12H,6-11H2,1-5H3,(H2,16,17,18). The van der Waals surface area contributed by atoms with E-state index in [9.17, 15) is 0 Å². The van der Waals surface area contributed by atoms with Gasteiger partial charge in [0.25, 0.3) is 0 Å². The molecule has 0 aromatic carbocycles. The van der Waals surface area contributed by atoms with E-state index in [1.807, 2.05) is 18.5 Å². The molecule has 2 N–H and O–H groups in total. The summed E-state index contributed by atoms with van der Waals surface area (Å²) in [7, 11) is 3.67. The molecule has 0 radical (unpaired) electrons. The molecule has 0 atom stereocenters. The number of ether oxygens (including phenoxy) is 1. The van der Waals surface area contributed by atoms with Crippen LogP contribution in [0.15, 0.2) is 4.99 Å². The molecule has 0 unspecified atom stereocenters.